The molecule has 1 unspecified atom stereocenters. The molecule has 0 saturated carbocycles. The zero-order chi connectivity index (χ0) is 12.1. The van der Waals surface area contributed by atoms with Gasteiger partial charge in [0.15, 0.2) is 5.69 Å². The minimum Gasteiger partial charge on any atom is -0.396 e. The molecule has 1 atom stereocenters. The van der Waals surface area contributed by atoms with Crippen LogP contribution in [0, 0.1) is 11.3 Å². The molecule has 0 saturated heterocycles. The number of pyridine rings is 1. The van der Waals surface area contributed by atoms with Crippen molar-refractivity contribution in [2.75, 3.05) is 31.7 Å². The first-order valence-electron chi connectivity index (χ1n) is 5.11. The summed E-state index contributed by atoms with van der Waals surface area (Å²) in [7, 11) is 4.03. The highest BCUT2D eigenvalue weighted by Crippen LogP contribution is 2.12. The van der Waals surface area contributed by atoms with Gasteiger partial charge in [0.1, 0.15) is 11.9 Å². The van der Waals surface area contributed by atoms with Crippen molar-refractivity contribution in [3.05, 3.63) is 17.8 Å². The molecular weight excluding hydrogens is 202 g/mol. The van der Waals surface area contributed by atoms with E-state index in [1.54, 1.807) is 12.1 Å². The number of hydrogen-bond donors (Lipinski definition) is 2. The Hall–Kier alpha value is -1.80. The average molecular weight is 219 g/mol. The molecule has 5 nitrogen and oxygen atoms in total. The molecule has 0 spiro atoms. The zero-order valence-corrected chi connectivity index (χ0v) is 9.86. The van der Waals surface area contributed by atoms with Gasteiger partial charge in [0.25, 0.3) is 0 Å². The average Bonchev–Trinajstić information content (AvgIpc) is 2.27. The van der Waals surface area contributed by atoms with Gasteiger partial charge in [0.2, 0.25) is 0 Å². The molecule has 1 aromatic rings. The summed E-state index contributed by atoms with van der Waals surface area (Å²) in [5.74, 6) is 0.680. The van der Waals surface area contributed by atoms with Gasteiger partial charge >= 0.3 is 0 Å². The van der Waals surface area contributed by atoms with Crippen LogP contribution < -0.4 is 11.1 Å². The fraction of sp³-hybridized carbons (Fsp3) is 0.455. The Kier molecular flexibility index (Phi) is 4.09. The molecule has 1 rings (SSSR count). The van der Waals surface area contributed by atoms with Gasteiger partial charge in [-0.05, 0) is 33.2 Å². The van der Waals surface area contributed by atoms with Crippen molar-refractivity contribution in [3.63, 3.8) is 0 Å². The van der Waals surface area contributed by atoms with Crippen molar-refractivity contribution < 1.29 is 0 Å². The minimum atomic E-state index is 0.266. The van der Waals surface area contributed by atoms with Crippen molar-refractivity contribution in [1.29, 1.82) is 5.26 Å². The van der Waals surface area contributed by atoms with Crippen LogP contribution in [0.2, 0.25) is 0 Å². The summed E-state index contributed by atoms with van der Waals surface area (Å²) < 4.78 is 0. The molecule has 3 N–H and O–H groups in total. The number of likely N-dealkylation sites (N-methyl/N-ethyl adjacent to an activating group) is 1. The van der Waals surface area contributed by atoms with Gasteiger partial charge in [-0.15, -0.1) is 0 Å². The fourth-order valence-corrected chi connectivity index (χ4v) is 1.09. The van der Waals surface area contributed by atoms with Gasteiger partial charge in [-0.25, -0.2) is 4.98 Å². The van der Waals surface area contributed by atoms with Crippen LogP contribution in [-0.2, 0) is 0 Å². The van der Waals surface area contributed by atoms with Gasteiger partial charge in [0.05, 0.1) is 5.69 Å². The SMILES string of the molecule is CC(CNc1ccc(N)c(C#N)n1)N(C)C. The monoisotopic (exact) mass is 219 g/mol. The highest BCUT2D eigenvalue weighted by Gasteiger charge is 2.05. The molecule has 0 radical (unpaired) electrons. The number of nitrogens with two attached hydrogens (primary N) is 1. The molecule has 0 aliphatic rings. The number of anilines is 2. The van der Waals surface area contributed by atoms with E-state index in [9.17, 15) is 0 Å². The lowest BCUT2D eigenvalue weighted by Crippen LogP contribution is -2.31. The number of hydrogen-bond acceptors (Lipinski definition) is 5. The Bertz CT molecular complexity index is 394. The highest BCUT2D eigenvalue weighted by atomic mass is 15.1. The second-order valence-electron chi connectivity index (χ2n) is 3.94. The van der Waals surface area contributed by atoms with Crippen LogP contribution in [0.1, 0.15) is 12.6 Å². The summed E-state index contributed by atoms with van der Waals surface area (Å²) >= 11 is 0. The van der Waals surface area contributed by atoms with E-state index in [0.717, 1.165) is 6.54 Å². The van der Waals surface area contributed by atoms with Crippen molar-refractivity contribution >= 4 is 11.5 Å². The van der Waals surface area contributed by atoms with E-state index >= 15 is 0 Å². The Morgan fingerprint density at radius 2 is 2.25 bits per heavy atom. The minimum absolute atomic E-state index is 0.266. The smallest absolute Gasteiger partial charge is 0.165 e. The maximum atomic E-state index is 8.78. The van der Waals surface area contributed by atoms with Gasteiger partial charge in [-0.2, -0.15) is 5.26 Å². The summed E-state index contributed by atoms with van der Waals surface area (Å²) in [5, 5.41) is 11.9. The predicted octanol–water partition coefficient (Wildman–Crippen LogP) is 0.897. The van der Waals surface area contributed by atoms with E-state index in [4.69, 9.17) is 11.0 Å². The van der Waals surface area contributed by atoms with E-state index in [1.165, 1.54) is 0 Å². The molecule has 0 aromatic carbocycles. The van der Waals surface area contributed by atoms with Crippen molar-refractivity contribution in [2.45, 2.75) is 13.0 Å². The number of nitrogens with zero attached hydrogens (tertiary/aromatic N) is 3. The molecule has 0 bridgehead atoms. The lowest BCUT2D eigenvalue weighted by atomic mass is 10.3. The van der Waals surface area contributed by atoms with Crippen LogP contribution in [0.15, 0.2) is 12.1 Å². The second-order valence-corrected chi connectivity index (χ2v) is 3.94. The van der Waals surface area contributed by atoms with Gasteiger partial charge in [-0.3, -0.25) is 0 Å². The summed E-state index contributed by atoms with van der Waals surface area (Å²) in [6, 6.07) is 5.82. The Morgan fingerprint density at radius 3 is 2.81 bits per heavy atom. The third kappa shape index (κ3) is 3.11. The Labute approximate surface area is 95.9 Å². The number of nitrogens with one attached hydrogen (secondary N) is 1. The number of nitrogen functional groups attached to an aromatic ring is 1. The van der Waals surface area contributed by atoms with E-state index in [-0.39, 0.29) is 5.69 Å². The molecule has 16 heavy (non-hydrogen) atoms. The normalized spacial score (nSPS) is 12.2. The zero-order valence-electron chi connectivity index (χ0n) is 9.86. The van der Waals surface area contributed by atoms with Gasteiger partial charge in [-0.1, -0.05) is 0 Å². The van der Waals surface area contributed by atoms with Crippen molar-refractivity contribution in [1.82, 2.24) is 9.88 Å². The first-order chi connectivity index (χ1) is 7.54. The van der Waals surface area contributed by atoms with Crippen LogP contribution in [-0.4, -0.2) is 36.6 Å². The summed E-state index contributed by atoms with van der Waals surface area (Å²) in [6.45, 7) is 2.88. The molecule has 0 amide bonds. The van der Waals surface area contributed by atoms with Crippen LogP contribution in [0.4, 0.5) is 11.5 Å². The lowest BCUT2D eigenvalue weighted by molar-refractivity contribution is 0.326. The van der Waals surface area contributed by atoms with Crippen LogP contribution in [0.3, 0.4) is 0 Å². The Morgan fingerprint density at radius 1 is 1.56 bits per heavy atom. The number of aromatic nitrogens is 1. The number of rotatable bonds is 4. The third-order valence-corrected chi connectivity index (χ3v) is 2.49. The first-order valence-corrected chi connectivity index (χ1v) is 5.11. The Balaban J connectivity index is 2.65. The highest BCUT2D eigenvalue weighted by molar-refractivity contribution is 5.54. The third-order valence-electron chi connectivity index (χ3n) is 2.49. The summed E-state index contributed by atoms with van der Waals surface area (Å²) in [4.78, 5) is 6.21. The summed E-state index contributed by atoms with van der Waals surface area (Å²) in [6.07, 6.45) is 0. The molecule has 86 valence electrons. The molecule has 1 aromatic heterocycles. The van der Waals surface area contributed by atoms with Gasteiger partial charge in [0, 0.05) is 12.6 Å². The van der Waals surface area contributed by atoms with E-state index in [2.05, 4.69) is 22.1 Å². The maximum absolute atomic E-state index is 8.78. The van der Waals surface area contributed by atoms with E-state index in [1.807, 2.05) is 20.2 Å². The fourth-order valence-electron chi connectivity index (χ4n) is 1.09. The van der Waals surface area contributed by atoms with Crippen molar-refractivity contribution in [3.8, 4) is 6.07 Å². The molecule has 5 heteroatoms. The lowest BCUT2D eigenvalue weighted by Gasteiger charge is -2.20. The molecule has 0 aliphatic carbocycles. The van der Waals surface area contributed by atoms with E-state index < -0.39 is 0 Å². The van der Waals surface area contributed by atoms with Crippen LogP contribution >= 0.6 is 0 Å². The maximum Gasteiger partial charge on any atom is 0.165 e. The van der Waals surface area contributed by atoms with Crippen molar-refractivity contribution in [2.24, 2.45) is 0 Å². The molecule has 0 fully saturated rings. The summed E-state index contributed by atoms with van der Waals surface area (Å²) in [5.41, 5.74) is 6.26. The first kappa shape index (κ1) is 12.3. The largest absolute Gasteiger partial charge is 0.396 e. The van der Waals surface area contributed by atoms with E-state index in [0.29, 0.717) is 17.5 Å². The standard InChI is InChI=1S/C11H17N5/c1-8(16(2)3)7-14-11-5-4-9(13)10(6-12)15-11/h4-5,8H,7,13H2,1-3H3,(H,14,15). The predicted molar refractivity (Wildman–Crippen MR) is 65.0 cm³/mol. The molecule has 0 aliphatic heterocycles. The number of nitriles is 1. The molecule has 1 heterocycles. The quantitative estimate of drug-likeness (QED) is 0.786. The second kappa shape index (κ2) is 5.33. The van der Waals surface area contributed by atoms with Crippen LogP contribution in [0.25, 0.3) is 0 Å². The molecular formula is C11H17N5. The topological polar surface area (TPSA) is 78.0 Å². The van der Waals surface area contributed by atoms with Crippen LogP contribution in [0.5, 0.6) is 0 Å². The van der Waals surface area contributed by atoms with Gasteiger partial charge < -0.3 is 16.0 Å².